The molecule has 9 heteroatoms. The first-order chi connectivity index (χ1) is 16.5. The lowest BCUT2D eigenvalue weighted by Crippen LogP contribution is -2.51. The summed E-state index contributed by atoms with van der Waals surface area (Å²) in [6.45, 7) is 6.24. The molecule has 2 saturated heterocycles. The molecular formula is C25H30N4O5. The summed E-state index contributed by atoms with van der Waals surface area (Å²) >= 11 is 0. The third-order valence-electron chi connectivity index (χ3n) is 6.22. The second-order valence-electron chi connectivity index (χ2n) is 9.04. The highest BCUT2D eigenvalue weighted by atomic mass is 16.5. The Morgan fingerprint density at radius 1 is 1.24 bits per heavy atom. The van der Waals surface area contributed by atoms with E-state index in [2.05, 4.69) is 43.5 Å². The number of benzene rings is 2. The van der Waals surface area contributed by atoms with Gasteiger partial charge < -0.3 is 24.3 Å². The highest BCUT2D eigenvalue weighted by Gasteiger charge is 2.33. The van der Waals surface area contributed by atoms with Crippen LogP contribution in [0.2, 0.25) is 0 Å². The minimum absolute atomic E-state index is 0.0139. The first-order valence-electron chi connectivity index (χ1n) is 11.3. The average Bonchev–Trinajstić information content (AvgIpc) is 3.48. The van der Waals surface area contributed by atoms with Crippen molar-refractivity contribution in [3.05, 3.63) is 66.4 Å². The summed E-state index contributed by atoms with van der Waals surface area (Å²) in [5.74, 6) is 1.16. The first-order valence-corrected chi connectivity index (χ1v) is 11.3. The van der Waals surface area contributed by atoms with Crippen LogP contribution in [0.25, 0.3) is 0 Å². The highest BCUT2D eigenvalue weighted by molar-refractivity contribution is 5.66. The van der Waals surface area contributed by atoms with E-state index in [1.807, 2.05) is 24.3 Å². The molecule has 2 N–H and O–H groups in total. The summed E-state index contributed by atoms with van der Waals surface area (Å²) in [5, 5.41) is 25.7. The van der Waals surface area contributed by atoms with Gasteiger partial charge >= 0.3 is 0 Å². The molecule has 2 unspecified atom stereocenters. The third kappa shape index (κ3) is 5.92. The SMILES string of the molecule is CC1(CO)CCN(Cc2ccc(OC3CCN3c3cccc(O)c3)cc2)C1.O=Cc1nnco1. The quantitative estimate of drug-likeness (QED) is 0.507. The molecule has 3 heterocycles. The Bertz CT molecular complexity index is 1060. The molecule has 2 atom stereocenters. The summed E-state index contributed by atoms with van der Waals surface area (Å²) < 4.78 is 10.5. The number of likely N-dealkylation sites (tertiary alicyclic amines) is 1. The van der Waals surface area contributed by atoms with Crippen molar-refractivity contribution >= 4 is 12.0 Å². The minimum atomic E-state index is 0.0139. The Labute approximate surface area is 198 Å². The third-order valence-corrected chi connectivity index (χ3v) is 6.22. The summed E-state index contributed by atoms with van der Waals surface area (Å²) in [5.41, 5.74) is 2.30. The van der Waals surface area contributed by atoms with Gasteiger partial charge in [-0.25, -0.2) is 0 Å². The number of anilines is 1. The Balaban J connectivity index is 0.000000336. The molecule has 3 aromatic rings. The second kappa shape index (κ2) is 10.7. The molecule has 0 radical (unpaired) electrons. The number of carbonyl (C=O) groups excluding carboxylic acids is 1. The van der Waals surface area contributed by atoms with E-state index in [0.29, 0.717) is 6.29 Å². The van der Waals surface area contributed by atoms with Crippen LogP contribution < -0.4 is 9.64 Å². The van der Waals surface area contributed by atoms with Crippen molar-refractivity contribution in [2.24, 2.45) is 5.41 Å². The van der Waals surface area contributed by atoms with E-state index in [1.54, 1.807) is 12.1 Å². The summed E-state index contributed by atoms with van der Waals surface area (Å²) in [7, 11) is 0. The number of aliphatic hydroxyl groups is 1. The number of carbonyl (C=O) groups is 1. The lowest BCUT2D eigenvalue weighted by Gasteiger charge is -2.42. The van der Waals surface area contributed by atoms with Crippen molar-refractivity contribution < 1.29 is 24.2 Å². The van der Waals surface area contributed by atoms with Crippen LogP contribution in [0.15, 0.2) is 59.3 Å². The average molecular weight is 467 g/mol. The van der Waals surface area contributed by atoms with Gasteiger partial charge in [-0.05, 0) is 42.8 Å². The first kappa shape index (κ1) is 23.7. The predicted molar refractivity (Wildman–Crippen MR) is 126 cm³/mol. The number of aliphatic hydroxyl groups excluding tert-OH is 1. The zero-order valence-corrected chi connectivity index (χ0v) is 19.2. The number of hydrogen-bond donors (Lipinski definition) is 2. The lowest BCUT2D eigenvalue weighted by atomic mass is 9.91. The van der Waals surface area contributed by atoms with Gasteiger partial charge in [0.15, 0.2) is 6.23 Å². The molecule has 0 aliphatic carbocycles. The molecule has 2 aliphatic heterocycles. The van der Waals surface area contributed by atoms with Crippen LogP contribution in [0.5, 0.6) is 11.5 Å². The maximum absolute atomic E-state index is 9.67. The highest BCUT2D eigenvalue weighted by Crippen LogP contribution is 2.32. The van der Waals surface area contributed by atoms with E-state index in [-0.39, 0.29) is 29.9 Å². The van der Waals surface area contributed by atoms with Crippen molar-refractivity contribution in [1.82, 2.24) is 15.1 Å². The molecule has 2 fully saturated rings. The number of aromatic hydroxyl groups is 1. The van der Waals surface area contributed by atoms with Gasteiger partial charge in [0, 0.05) is 49.8 Å². The van der Waals surface area contributed by atoms with Crippen LogP contribution in [0, 0.1) is 5.41 Å². The molecule has 2 aromatic carbocycles. The van der Waals surface area contributed by atoms with E-state index in [9.17, 15) is 15.0 Å². The Kier molecular flexibility index (Phi) is 7.44. The summed E-state index contributed by atoms with van der Waals surface area (Å²) in [4.78, 5) is 14.2. The molecular weight excluding hydrogens is 436 g/mol. The number of rotatable bonds is 7. The molecule has 0 saturated carbocycles. The normalized spacial score (nSPS) is 21.9. The van der Waals surface area contributed by atoms with E-state index >= 15 is 0 Å². The molecule has 2 aliphatic rings. The number of nitrogens with zero attached hydrogens (tertiary/aromatic N) is 4. The number of hydrogen-bond acceptors (Lipinski definition) is 9. The number of aldehydes is 1. The van der Waals surface area contributed by atoms with E-state index in [4.69, 9.17) is 4.74 Å². The largest absolute Gasteiger partial charge is 0.508 e. The molecule has 5 rings (SSSR count). The van der Waals surface area contributed by atoms with Crippen molar-refractivity contribution in [2.75, 3.05) is 31.1 Å². The summed E-state index contributed by atoms with van der Waals surface area (Å²) in [6.07, 6.45) is 3.64. The van der Waals surface area contributed by atoms with Gasteiger partial charge in [-0.3, -0.25) is 9.69 Å². The number of ether oxygens (including phenoxy) is 1. The maximum Gasteiger partial charge on any atom is 0.280 e. The van der Waals surface area contributed by atoms with Gasteiger partial charge in [-0.15, -0.1) is 10.2 Å². The standard InChI is InChI=1S/C22H28N2O3.C3H2N2O2/c1-22(16-25)10-12-23(15-22)14-17-5-7-20(8-6-17)27-21-9-11-24(21)18-3-2-4-19(26)13-18;6-1-3-5-4-2-7-3/h2-8,13,21,25-26H,9-12,14-16H2,1H3;1-2H. The monoisotopic (exact) mass is 466 g/mol. The zero-order chi connectivity index (χ0) is 24.0. The fourth-order valence-corrected chi connectivity index (χ4v) is 4.16. The van der Waals surface area contributed by atoms with Gasteiger partial charge in [0.25, 0.3) is 5.89 Å². The topological polar surface area (TPSA) is 112 Å². The fourth-order valence-electron chi connectivity index (χ4n) is 4.16. The van der Waals surface area contributed by atoms with Crippen LogP contribution in [0.4, 0.5) is 5.69 Å². The van der Waals surface area contributed by atoms with Crippen molar-refractivity contribution in [3.8, 4) is 11.5 Å². The van der Waals surface area contributed by atoms with Crippen LogP contribution in [0.1, 0.15) is 36.0 Å². The van der Waals surface area contributed by atoms with E-state index in [1.165, 1.54) is 5.56 Å². The molecule has 1 aromatic heterocycles. The molecule has 0 amide bonds. The second-order valence-corrected chi connectivity index (χ2v) is 9.04. The van der Waals surface area contributed by atoms with Gasteiger partial charge in [0.05, 0.1) is 0 Å². The molecule has 0 spiro atoms. The van der Waals surface area contributed by atoms with Gasteiger partial charge in [-0.1, -0.05) is 25.1 Å². The molecule has 180 valence electrons. The number of phenolic OH excluding ortho intramolecular Hbond substituents is 1. The summed E-state index contributed by atoms with van der Waals surface area (Å²) in [6, 6.07) is 15.6. The Morgan fingerprint density at radius 3 is 2.62 bits per heavy atom. The van der Waals surface area contributed by atoms with Crippen molar-refractivity contribution in [3.63, 3.8) is 0 Å². The Morgan fingerprint density at radius 2 is 2.06 bits per heavy atom. The fraction of sp³-hybridized carbons (Fsp3) is 0.400. The lowest BCUT2D eigenvalue weighted by molar-refractivity contribution is 0.109. The van der Waals surface area contributed by atoms with Gasteiger partial charge in [0.2, 0.25) is 12.7 Å². The maximum atomic E-state index is 9.67. The predicted octanol–water partition coefficient (Wildman–Crippen LogP) is 3.09. The van der Waals surface area contributed by atoms with Crippen LogP contribution in [0.3, 0.4) is 0 Å². The van der Waals surface area contributed by atoms with Crippen molar-refractivity contribution in [2.45, 2.75) is 32.5 Å². The van der Waals surface area contributed by atoms with Gasteiger partial charge in [-0.2, -0.15) is 0 Å². The Hall–Kier alpha value is -3.43. The van der Waals surface area contributed by atoms with Crippen LogP contribution >= 0.6 is 0 Å². The smallest absolute Gasteiger partial charge is 0.280 e. The number of aromatic nitrogens is 2. The van der Waals surface area contributed by atoms with Crippen LogP contribution in [-0.4, -0.2) is 64.1 Å². The van der Waals surface area contributed by atoms with Gasteiger partial charge in [0.1, 0.15) is 11.5 Å². The van der Waals surface area contributed by atoms with E-state index < -0.39 is 0 Å². The van der Waals surface area contributed by atoms with Crippen molar-refractivity contribution in [1.29, 1.82) is 0 Å². The minimum Gasteiger partial charge on any atom is -0.508 e. The molecule has 0 bridgehead atoms. The zero-order valence-electron chi connectivity index (χ0n) is 19.2. The molecule has 9 nitrogen and oxygen atoms in total. The van der Waals surface area contributed by atoms with Crippen LogP contribution in [-0.2, 0) is 6.54 Å². The molecule has 34 heavy (non-hydrogen) atoms. The van der Waals surface area contributed by atoms with E-state index in [0.717, 1.165) is 56.9 Å². The number of phenols is 1.